The fourth-order valence-corrected chi connectivity index (χ4v) is 2.36. The first-order chi connectivity index (χ1) is 12.6. The highest BCUT2D eigenvalue weighted by Crippen LogP contribution is 2.30. The van der Waals surface area contributed by atoms with Crippen LogP contribution in [-0.2, 0) is 22.2 Å². The number of amides is 1. The fraction of sp³-hybridized carbons (Fsp3) is 0.222. The summed E-state index contributed by atoms with van der Waals surface area (Å²) in [5, 5.41) is 21.3. The van der Waals surface area contributed by atoms with Gasteiger partial charge < -0.3 is 15.5 Å². The lowest BCUT2D eigenvalue weighted by Crippen LogP contribution is -2.44. The van der Waals surface area contributed by atoms with Crippen LogP contribution in [0.5, 0.6) is 0 Å². The Morgan fingerprint density at radius 1 is 1.07 bits per heavy atom. The molecular formula is C18H15F4NO4. The van der Waals surface area contributed by atoms with Crippen LogP contribution in [0.15, 0.2) is 48.5 Å². The highest BCUT2D eigenvalue weighted by Gasteiger charge is 2.31. The molecule has 5 nitrogen and oxygen atoms in total. The van der Waals surface area contributed by atoms with Gasteiger partial charge >= 0.3 is 12.1 Å². The highest BCUT2D eigenvalue weighted by atomic mass is 19.4. The summed E-state index contributed by atoms with van der Waals surface area (Å²) in [5.74, 6) is -3.08. The van der Waals surface area contributed by atoms with Crippen molar-refractivity contribution < 1.29 is 37.4 Å². The van der Waals surface area contributed by atoms with E-state index in [9.17, 15) is 37.4 Å². The Balaban J connectivity index is 2.09. The van der Waals surface area contributed by atoms with Gasteiger partial charge in [-0.2, -0.15) is 13.2 Å². The molecule has 1 amide bonds. The van der Waals surface area contributed by atoms with E-state index in [1.807, 2.05) is 0 Å². The molecule has 0 fully saturated rings. The number of aliphatic carboxylic acids is 1. The molecule has 144 valence electrons. The second kappa shape index (κ2) is 8.17. The number of hydrogen-bond donors (Lipinski definition) is 3. The number of carbonyl (C=O) groups excluding carboxylic acids is 1. The maximum absolute atomic E-state index is 13.2. The van der Waals surface area contributed by atoms with Gasteiger partial charge in [0.25, 0.3) is 5.91 Å². The fourth-order valence-electron chi connectivity index (χ4n) is 2.36. The molecule has 0 heterocycles. The number of alkyl halides is 3. The Kier molecular flexibility index (Phi) is 6.17. The third-order valence-electron chi connectivity index (χ3n) is 3.75. The lowest BCUT2D eigenvalue weighted by Gasteiger charge is -2.18. The zero-order valence-corrected chi connectivity index (χ0v) is 13.7. The van der Waals surface area contributed by atoms with Gasteiger partial charge in [0.2, 0.25) is 0 Å². The molecule has 2 aromatic rings. The van der Waals surface area contributed by atoms with E-state index < -0.39 is 41.6 Å². The zero-order chi connectivity index (χ0) is 20.2. The van der Waals surface area contributed by atoms with E-state index in [2.05, 4.69) is 5.32 Å². The third-order valence-corrected chi connectivity index (χ3v) is 3.75. The molecule has 0 bridgehead atoms. The van der Waals surface area contributed by atoms with E-state index in [4.69, 9.17) is 0 Å². The number of nitrogens with one attached hydrogen (secondary N) is 1. The molecule has 0 aliphatic carbocycles. The van der Waals surface area contributed by atoms with Crippen molar-refractivity contribution in [3.05, 3.63) is 71.0 Å². The number of carboxylic acids is 1. The molecule has 0 saturated carbocycles. The minimum absolute atomic E-state index is 0.129. The quantitative estimate of drug-likeness (QED) is 0.668. The molecule has 2 rings (SSSR count). The molecule has 9 heteroatoms. The van der Waals surface area contributed by atoms with Crippen LogP contribution in [0, 0.1) is 5.82 Å². The predicted octanol–water partition coefficient (Wildman–Crippen LogP) is 2.69. The van der Waals surface area contributed by atoms with E-state index in [1.54, 1.807) is 0 Å². The van der Waals surface area contributed by atoms with Gasteiger partial charge in [0, 0.05) is 6.42 Å². The van der Waals surface area contributed by atoms with Crippen LogP contribution in [-0.4, -0.2) is 28.1 Å². The smallest absolute Gasteiger partial charge is 0.416 e. The lowest BCUT2D eigenvalue weighted by molar-refractivity contribution is -0.143. The summed E-state index contributed by atoms with van der Waals surface area (Å²) in [7, 11) is 0. The molecule has 0 aliphatic rings. The number of aliphatic hydroxyl groups excluding tert-OH is 1. The van der Waals surface area contributed by atoms with Crippen molar-refractivity contribution >= 4 is 11.9 Å². The largest absolute Gasteiger partial charge is 0.480 e. The van der Waals surface area contributed by atoms with Crippen LogP contribution in [0.4, 0.5) is 17.6 Å². The molecule has 0 radical (unpaired) electrons. The van der Waals surface area contributed by atoms with Gasteiger partial charge in [-0.15, -0.1) is 0 Å². The normalized spacial score (nSPS) is 13.7. The van der Waals surface area contributed by atoms with Gasteiger partial charge in [0.1, 0.15) is 11.9 Å². The summed E-state index contributed by atoms with van der Waals surface area (Å²) in [5.41, 5.74) is -0.768. The monoisotopic (exact) mass is 385 g/mol. The van der Waals surface area contributed by atoms with E-state index in [0.717, 1.165) is 18.2 Å². The Morgan fingerprint density at radius 3 is 2.22 bits per heavy atom. The number of halogens is 4. The topological polar surface area (TPSA) is 86.6 Å². The van der Waals surface area contributed by atoms with E-state index in [0.29, 0.717) is 17.7 Å². The van der Waals surface area contributed by atoms with Crippen molar-refractivity contribution in [3.63, 3.8) is 0 Å². The second-order valence-corrected chi connectivity index (χ2v) is 5.76. The summed E-state index contributed by atoms with van der Waals surface area (Å²) in [4.78, 5) is 23.4. The number of carboxylic acid groups (broad SMARTS) is 1. The lowest BCUT2D eigenvalue weighted by atomic mass is 10.0. The maximum Gasteiger partial charge on any atom is 0.416 e. The van der Waals surface area contributed by atoms with Crippen molar-refractivity contribution in [2.45, 2.75) is 24.7 Å². The molecule has 0 saturated heterocycles. The molecule has 27 heavy (non-hydrogen) atoms. The van der Waals surface area contributed by atoms with Crippen molar-refractivity contribution in [2.75, 3.05) is 0 Å². The Bertz CT molecular complexity index is 821. The van der Waals surface area contributed by atoms with Crippen molar-refractivity contribution in [1.82, 2.24) is 5.32 Å². The highest BCUT2D eigenvalue weighted by molar-refractivity contribution is 5.87. The average molecular weight is 385 g/mol. The molecule has 0 unspecified atom stereocenters. The molecule has 2 atom stereocenters. The average Bonchev–Trinajstić information content (AvgIpc) is 2.59. The molecule has 2 aromatic carbocycles. The first-order valence-electron chi connectivity index (χ1n) is 7.71. The first kappa shape index (κ1) is 20.4. The second-order valence-electron chi connectivity index (χ2n) is 5.76. The number of aliphatic hydroxyl groups is 1. The van der Waals surface area contributed by atoms with Gasteiger partial charge in [-0.05, 0) is 35.4 Å². The van der Waals surface area contributed by atoms with Crippen LogP contribution in [0.3, 0.4) is 0 Å². The van der Waals surface area contributed by atoms with Crippen LogP contribution < -0.4 is 5.32 Å². The maximum atomic E-state index is 13.2. The number of carbonyl (C=O) groups is 2. The minimum Gasteiger partial charge on any atom is -0.480 e. The van der Waals surface area contributed by atoms with E-state index in [-0.39, 0.29) is 12.0 Å². The Hall–Kier alpha value is -2.94. The first-order valence-corrected chi connectivity index (χ1v) is 7.71. The Labute approximate surface area is 151 Å². The molecule has 0 aromatic heterocycles. The zero-order valence-electron chi connectivity index (χ0n) is 13.7. The van der Waals surface area contributed by atoms with Gasteiger partial charge in [0.15, 0.2) is 6.10 Å². The van der Waals surface area contributed by atoms with E-state index >= 15 is 0 Å². The summed E-state index contributed by atoms with van der Waals surface area (Å²) < 4.78 is 50.8. The molecule has 0 aliphatic heterocycles. The number of hydrogen-bond acceptors (Lipinski definition) is 3. The van der Waals surface area contributed by atoms with Crippen LogP contribution in [0.2, 0.25) is 0 Å². The van der Waals surface area contributed by atoms with Gasteiger partial charge in [-0.1, -0.05) is 24.3 Å². The van der Waals surface area contributed by atoms with Crippen LogP contribution in [0.1, 0.15) is 22.8 Å². The summed E-state index contributed by atoms with van der Waals surface area (Å²) >= 11 is 0. The molecular weight excluding hydrogens is 370 g/mol. The minimum atomic E-state index is -4.56. The van der Waals surface area contributed by atoms with E-state index in [1.165, 1.54) is 18.2 Å². The third kappa shape index (κ3) is 5.52. The van der Waals surface area contributed by atoms with Crippen LogP contribution in [0.25, 0.3) is 0 Å². The Morgan fingerprint density at radius 2 is 1.70 bits per heavy atom. The van der Waals surface area contributed by atoms with Crippen LogP contribution >= 0.6 is 0 Å². The van der Waals surface area contributed by atoms with Gasteiger partial charge in [-0.25, -0.2) is 9.18 Å². The summed E-state index contributed by atoms with van der Waals surface area (Å²) in [6, 6.07) is 6.93. The van der Waals surface area contributed by atoms with Gasteiger partial charge in [-0.3, -0.25) is 4.79 Å². The molecule has 3 N–H and O–H groups in total. The predicted molar refractivity (Wildman–Crippen MR) is 86.1 cm³/mol. The van der Waals surface area contributed by atoms with Crippen molar-refractivity contribution in [1.29, 1.82) is 0 Å². The number of benzene rings is 2. The molecule has 0 spiro atoms. The summed E-state index contributed by atoms with van der Waals surface area (Å²) in [6.07, 6.45) is -6.66. The summed E-state index contributed by atoms with van der Waals surface area (Å²) in [6.45, 7) is 0. The number of rotatable bonds is 6. The van der Waals surface area contributed by atoms with Crippen molar-refractivity contribution in [3.8, 4) is 0 Å². The standard InChI is InChI=1S/C18H15F4NO4/c19-13-3-1-2-10(8-13)9-14(17(26)27)23-16(25)15(24)11-4-6-12(7-5-11)18(20,21)22/h1-8,14-15,24H,9H2,(H,23,25)(H,26,27)/t14-,15+/m1/s1. The van der Waals surface area contributed by atoms with Gasteiger partial charge in [0.05, 0.1) is 5.56 Å². The van der Waals surface area contributed by atoms with Crippen molar-refractivity contribution in [2.24, 2.45) is 0 Å². The SMILES string of the molecule is O=C(N[C@H](Cc1cccc(F)c1)C(=O)O)[C@@H](O)c1ccc(C(F)(F)F)cc1.